The van der Waals surface area contributed by atoms with E-state index in [0.29, 0.717) is 5.92 Å². The Bertz CT molecular complexity index is 1770. The fourth-order valence-corrected chi connectivity index (χ4v) is 5.84. The van der Waals surface area contributed by atoms with Crippen LogP contribution < -0.4 is 4.90 Å². The van der Waals surface area contributed by atoms with E-state index in [9.17, 15) is 0 Å². The third-order valence-electron chi connectivity index (χ3n) is 8.10. The predicted molar refractivity (Wildman–Crippen MR) is 185 cm³/mol. The van der Waals surface area contributed by atoms with Gasteiger partial charge in [0, 0.05) is 23.0 Å². The van der Waals surface area contributed by atoms with Crippen molar-refractivity contribution in [3.63, 3.8) is 0 Å². The van der Waals surface area contributed by atoms with Crippen LogP contribution in [0.5, 0.6) is 0 Å². The molecule has 0 amide bonds. The molecule has 0 heterocycles. The van der Waals surface area contributed by atoms with Crippen molar-refractivity contribution < 1.29 is 0 Å². The van der Waals surface area contributed by atoms with Crippen molar-refractivity contribution in [1.82, 2.24) is 0 Å². The average molecular weight is 556 g/mol. The molecule has 0 saturated heterocycles. The van der Waals surface area contributed by atoms with Crippen LogP contribution in [0.1, 0.15) is 31.7 Å². The van der Waals surface area contributed by atoms with E-state index in [1.807, 2.05) is 0 Å². The molecule has 0 aliphatic heterocycles. The topological polar surface area (TPSA) is 3.24 Å². The van der Waals surface area contributed by atoms with E-state index in [1.165, 1.54) is 50.3 Å². The van der Waals surface area contributed by atoms with E-state index in [0.717, 1.165) is 12.1 Å². The Morgan fingerprint density at radius 1 is 0.651 bits per heavy atom. The standard InChI is InChI=1S/C42H37N/c1-3-4-14-32(2)43(39-27-25-36(26-28-39)34-17-10-6-11-18-34)40-29-30-41(42(31-40)37-19-12-7-13-20-37)38-23-21-35(22-24-38)33-15-8-5-9-16-33/h3-25,27-31,36H,26H2,1-2H3/b4-3-,32-14+. The summed E-state index contributed by atoms with van der Waals surface area (Å²) < 4.78 is 0. The zero-order valence-electron chi connectivity index (χ0n) is 24.9. The lowest BCUT2D eigenvalue weighted by Gasteiger charge is -2.30. The van der Waals surface area contributed by atoms with Crippen molar-refractivity contribution >= 4 is 5.69 Å². The molecule has 43 heavy (non-hydrogen) atoms. The normalized spacial score (nSPS) is 15.0. The smallest absolute Gasteiger partial charge is 0.0464 e. The van der Waals surface area contributed by atoms with Gasteiger partial charge in [-0.3, -0.25) is 0 Å². The number of benzene rings is 5. The molecule has 1 atom stereocenters. The number of rotatable bonds is 8. The van der Waals surface area contributed by atoms with E-state index in [1.54, 1.807) is 0 Å². The average Bonchev–Trinajstić information content (AvgIpc) is 3.09. The zero-order chi connectivity index (χ0) is 29.4. The van der Waals surface area contributed by atoms with Crippen LogP contribution in [0.25, 0.3) is 33.4 Å². The van der Waals surface area contributed by atoms with E-state index in [4.69, 9.17) is 0 Å². The molecule has 0 spiro atoms. The zero-order valence-corrected chi connectivity index (χ0v) is 24.9. The first-order valence-corrected chi connectivity index (χ1v) is 15.1. The fourth-order valence-electron chi connectivity index (χ4n) is 5.84. The fraction of sp³-hybridized carbons (Fsp3) is 0.0952. The second-order valence-corrected chi connectivity index (χ2v) is 10.9. The lowest BCUT2D eigenvalue weighted by Crippen LogP contribution is -2.21. The number of anilines is 1. The molecular formula is C42H37N. The molecule has 1 aliphatic rings. The Balaban J connectivity index is 1.41. The molecular weight excluding hydrogens is 518 g/mol. The molecule has 5 aromatic rings. The highest BCUT2D eigenvalue weighted by Gasteiger charge is 2.19. The van der Waals surface area contributed by atoms with Gasteiger partial charge in [-0.05, 0) is 83.5 Å². The van der Waals surface area contributed by atoms with Crippen molar-refractivity contribution in [3.05, 3.63) is 187 Å². The second-order valence-electron chi connectivity index (χ2n) is 10.9. The van der Waals surface area contributed by atoms with Crippen LogP contribution in [0, 0.1) is 0 Å². The number of allylic oxidation sites excluding steroid dienone is 7. The summed E-state index contributed by atoms with van der Waals surface area (Å²) in [4.78, 5) is 2.38. The summed E-state index contributed by atoms with van der Waals surface area (Å²) in [6.45, 7) is 4.25. The SMILES string of the molecule is C/C=C\C=C(/C)N(C1=CCC(c2ccccc2)C=C1)c1ccc(-c2ccc(-c3ccccc3)cc2)c(-c2ccccc2)c1. The van der Waals surface area contributed by atoms with E-state index >= 15 is 0 Å². The Morgan fingerprint density at radius 3 is 1.86 bits per heavy atom. The second kappa shape index (κ2) is 13.2. The number of nitrogens with zero attached hydrogens (tertiary/aromatic N) is 1. The molecule has 1 unspecified atom stereocenters. The maximum absolute atomic E-state index is 2.38. The molecule has 0 radical (unpaired) electrons. The van der Waals surface area contributed by atoms with Gasteiger partial charge in [0.05, 0.1) is 0 Å². The summed E-state index contributed by atoms with van der Waals surface area (Å²) in [6, 6.07) is 47.9. The highest BCUT2D eigenvalue weighted by molar-refractivity contribution is 5.87. The lowest BCUT2D eigenvalue weighted by molar-refractivity contribution is 0.836. The van der Waals surface area contributed by atoms with E-state index in [-0.39, 0.29) is 0 Å². The monoisotopic (exact) mass is 555 g/mol. The first-order valence-electron chi connectivity index (χ1n) is 15.1. The Hall–Kier alpha value is -5.14. The minimum Gasteiger partial charge on any atom is -0.315 e. The Labute approximate surface area is 256 Å². The summed E-state index contributed by atoms with van der Waals surface area (Å²) in [6.07, 6.45) is 14.4. The molecule has 0 bridgehead atoms. The molecule has 0 aromatic heterocycles. The maximum atomic E-state index is 2.38. The van der Waals surface area contributed by atoms with Gasteiger partial charge in [-0.2, -0.15) is 0 Å². The Morgan fingerprint density at radius 2 is 1.23 bits per heavy atom. The number of hydrogen-bond acceptors (Lipinski definition) is 1. The van der Waals surface area contributed by atoms with Gasteiger partial charge in [0.1, 0.15) is 0 Å². The third kappa shape index (κ3) is 6.37. The summed E-state index contributed by atoms with van der Waals surface area (Å²) >= 11 is 0. The first kappa shape index (κ1) is 28.0. The molecule has 1 aliphatic carbocycles. The molecule has 210 valence electrons. The summed E-state index contributed by atoms with van der Waals surface area (Å²) in [7, 11) is 0. The van der Waals surface area contributed by atoms with Crippen molar-refractivity contribution in [1.29, 1.82) is 0 Å². The molecule has 1 heteroatoms. The van der Waals surface area contributed by atoms with Crippen molar-refractivity contribution in [2.45, 2.75) is 26.2 Å². The van der Waals surface area contributed by atoms with Gasteiger partial charge in [-0.1, -0.05) is 146 Å². The minimum atomic E-state index is 0.396. The van der Waals surface area contributed by atoms with Gasteiger partial charge in [0.25, 0.3) is 0 Å². The van der Waals surface area contributed by atoms with Crippen molar-refractivity contribution in [2.24, 2.45) is 0 Å². The van der Waals surface area contributed by atoms with Crippen LogP contribution in [0.3, 0.4) is 0 Å². The molecule has 5 aromatic carbocycles. The summed E-state index contributed by atoms with van der Waals surface area (Å²) in [5.74, 6) is 0.396. The van der Waals surface area contributed by atoms with Gasteiger partial charge in [-0.25, -0.2) is 0 Å². The first-order chi connectivity index (χ1) is 21.2. The molecule has 6 rings (SSSR count). The largest absolute Gasteiger partial charge is 0.315 e. The van der Waals surface area contributed by atoms with Crippen LogP contribution in [0.4, 0.5) is 5.69 Å². The van der Waals surface area contributed by atoms with Gasteiger partial charge in [-0.15, -0.1) is 0 Å². The lowest BCUT2D eigenvalue weighted by atomic mass is 9.90. The molecule has 0 saturated carbocycles. The molecule has 0 fully saturated rings. The van der Waals surface area contributed by atoms with Gasteiger partial charge >= 0.3 is 0 Å². The number of hydrogen-bond donors (Lipinski definition) is 0. The van der Waals surface area contributed by atoms with Gasteiger partial charge in [0.15, 0.2) is 0 Å². The predicted octanol–water partition coefficient (Wildman–Crippen LogP) is 11.6. The van der Waals surface area contributed by atoms with E-state index < -0.39 is 0 Å². The van der Waals surface area contributed by atoms with E-state index in [2.05, 4.69) is 189 Å². The highest BCUT2D eigenvalue weighted by atomic mass is 15.1. The summed E-state index contributed by atoms with van der Waals surface area (Å²) in [5, 5.41) is 0. The van der Waals surface area contributed by atoms with Crippen LogP contribution in [0.15, 0.2) is 181 Å². The summed E-state index contributed by atoms with van der Waals surface area (Å²) in [5.41, 5.74) is 12.2. The quantitative estimate of drug-likeness (QED) is 0.172. The van der Waals surface area contributed by atoms with Crippen LogP contribution in [-0.4, -0.2) is 0 Å². The maximum Gasteiger partial charge on any atom is 0.0464 e. The molecule has 1 nitrogen and oxygen atoms in total. The van der Waals surface area contributed by atoms with Gasteiger partial charge < -0.3 is 4.90 Å². The van der Waals surface area contributed by atoms with Crippen LogP contribution in [0.2, 0.25) is 0 Å². The Kier molecular flexibility index (Phi) is 8.61. The molecule has 0 N–H and O–H groups in total. The van der Waals surface area contributed by atoms with Crippen molar-refractivity contribution in [2.75, 3.05) is 4.90 Å². The minimum absolute atomic E-state index is 0.396. The third-order valence-corrected chi connectivity index (χ3v) is 8.10. The van der Waals surface area contributed by atoms with Gasteiger partial charge in [0.2, 0.25) is 0 Å². The van der Waals surface area contributed by atoms with Crippen molar-refractivity contribution in [3.8, 4) is 33.4 Å². The van der Waals surface area contributed by atoms with Crippen LogP contribution in [-0.2, 0) is 0 Å². The van der Waals surface area contributed by atoms with Crippen LogP contribution >= 0.6 is 0 Å². The highest BCUT2D eigenvalue weighted by Crippen LogP contribution is 2.39.